The van der Waals surface area contributed by atoms with Crippen LogP contribution in [-0.2, 0) is 9.09 Å². The molecular formula is C7H14NO3P. The number of hydrogen-bond acceptors (Lipinski definition) is 3. The molecule has 0 radical (unpaired) electrons. The fourth-order valence-electron chi connectivity index (χ4n) is 0.844. The molecule has 12 heavy (non-hydrogen) atoms. The van der Waals surface area contributed by atoms with Crippen LogP contribution < -0.4 is 0 Å². The summed E-state index contributed by atoms with van der Waals surface area (Å²) in [6.07, 6.45) is 1.27. The van der Waals surface area contributed by atoms with Crippen LogP contribution in [0.3, 0.4) is 0 Å². The van der Waals surface area contributed by atoms with Gasteiger partial charge in [-0.15, -0.1) is 0 Å². The molecule has 0 rings (SSSR count). The average Bonchev–Trinajstić information content (AvgIpc) is 2.08. The highest BCUT2D eigenvalue weighted by atomic mass is 31.1. The minimum Gasteiger partial charge on any atom is -0.326 e. The van der Waals surface area contributed by atoms with E-state index < -0.39 is 13.7 Å². The van der Waals surface area contributed by atoms with Gasteiger partial charge in [0.25, 0.3) is 0 Å². The van der Waals surface area contributed by atoms with Gasteiger partial charge in [0.1, 0.15) is 0 Å². The Morgan fingerprint density at radius 3 is 2.33 bits per heavy atom. The van der Waals surface area contributed by atoms with E-state index in [-0.39, 0.29) is 6.61 Å². The van der Waals surface area contributed by atoms with E-state index in [0.29, 0.717) is 12.8 Å². The van der Waals surface area contributed by atoms with E-state index in [2.05, 4.69) is 10.6 Å². The molecule has 0 spiro atoms. The largest absolute Gasteiger partial charge is 0.326 e. The Morgan fingerprint density at radius 1 is 1.58 bits per heavy atom. The Kier molecular flexibility index (Phi) is 5.16. The van der Waals surface area contributed by atoms with Gasteiger partial charge in [0.05, 0.1) is 18.1 Å². The lowest BCUT2D eigenvalue weighted by Gasteiger charge is -2.21. The summed E-state index contributed by atoms with van der Waals surface area (Å²) in [4.78, 5) is 8.42. The van der Waals surface area contributed by atoms with Crippen molar-refractivity contribution in [2.45, 2.75) is 26.7 Å². The summed E-state index contributed by atoms with van der Waals surface area (Å²) in [5, 5.41) is 8.79. The molecule has 0 aliphatic carbocycles. The molecule has 0 fully saturated rings. The topological polar surface area (TPSA) is 70.3 Å². The molecule has 1 N–H and O–H groups in total. The van der Waals surface area contributed by atoms with Crippen LogP contribution in [0.15, 0.2) is 0 Å². The van der Waals surface area contributed by atoms with Crippen LogP contribution in [0.1, 0.15) is 26.7 Å². The monoisotopic (exact) mass is 191 g/mol. The Balaban J connectivity index is 4.14. The summed E-state index contributed by atoms with van der Waals surface area (Å²) in [5.41, 5.74) is -0.594. The van der Waals surface area contributed by atoms with Gasteiger partial charge in [-0.25, -0.2) is 0 Å². The quantitative estimate of drug-likeness (QED) is 0.671. The zero-order valence-corrected chi connectivity index (χ0v) is 8.33. The summed E-state index contributed by atoms with van der Waals surface area (Å²) in [6.45, 7) is 3.78. The minimum absolute atomic E-state index is 0.0464. The third-order valence-electron chi connectivity index (χ3n) is 2.06. The molecule has 4 nitrogen and oxygen atoms in total. The Labute approximate surface area is 73.1 Å². The molecular weight excluding hydrogens is 177 g/mol. The lowest BCUT2D eigenvalue weighted by Crippen LogP contribution is -2.21. The molecule has 0 saturated carbocycles. The fraction of sp³-hybridized carbons (Fsp3) is 0.857. The first kappa shape index (κ1) is 11.6. The van der Waals surface area contributed by atoms with E-state index in [0.717, 1.165) is 0 Å². The minimum atomic E-state index is -2.90. The molecule has 0 aliphatic rings. The summed E-state index contributed by atoms with van der Waals surface area (Å²) < 4.78 is 14.8. The molecule has 0 heterocycles. The van der Waals surface area contributed by atoms with Crippen LogP contribution in [0.4, 0.5) is 0 Å². The van der Waals surface area contributed by atoms with Gasteiger partial charge in [0.15, 0.2) is 0 Å². The average molecular weight is 191 g/mol. The van der Waals surface area contributed by atoms with Gasteiger partial charge in [-0.1, -0.05) is 13.8 Å². The van der Waals surface area contributed by atoms with Gasteiger partial charge in [-0.2, -0.15) is 5.26 Å². The molecule has 0 amide bonds. The van der Waals surface area contributed by atoms with Gasteiger partial charge in [0, 0.05) is 0 Å². The summed E-state index contributed by atoms with van der Waals surface area (Å²) >= 11 is 0. The van der Waals surface area contributed by atoms with Crippen molar-refractivity contribution in [3.05, 3.63) is 0 Å². The Morgan fingerprint density at radius 2 is 2.08 bits per heavy atom. The van der Waals surface area contributed by atoms with E-state index in [1.807, 2.05) is 13.8 Å². The van der Waals surface area contributed by atoms with Crippen molar-refractivity contribution in [3.63, 3.8) is 0 Å². The van der Waals surface area contributed by atoms with E-state index in [9.17, 15) is 4.57 Å². The van der Waals surface area contributed by atoms with Crippen molar-refractivity contribution < 1.29 is 14.0 Å². The van der Waals surface area contributed by atoms with Crippen LogP contribution >= 0.6 is 8.25 Å². The van der Waals surface area contributed by atoms with Crippen molar-refractivity contribution in [2.24, 2.45) is 5.41 Å². The second-order valence-electron chi connectivity index (χ2n) is 2.65. The van der Waals surface area contributed by atoms with Crippen LogP contribution in [-0.4, -0.2) is 11.5 Å². The van der Waals surface area contributed by atoms with Gasteiger partial charge in [0.2, 0.25) is 0 Å². The molecule has 0 aromatic heterocycles. The van der Waals surface area contributed by atoms with Gasteiger partial charge < -0.3 is 9.42 Å². The van der Waals surface area contributed by atoms with Crippen molar-refractivity contribution in [1.29, 1.82) is 5.26 Å². The van der Waals surface area contributed by atoms with E-state index in [4.69, 9.17) is 10.2 Å². The summed E-state index contributed by atoms with van der Waals surface area (Å²) in [5.74, 6) is 0. The standard InChI is InChI=1S/C7H14NO3P/c1-3-7(4-2,5-8)6-11-12(9)10/h12H,3-4,6H2,1-2H3,(H,9,10). The van der Waals surface area contributed by atoms with Crippen molar-refractivity contribution in [3.8, 4) is 6.07 Å². The zero-order chi connectivity index (χ0) is 9.61. The predicted octanol–water partition coefficient (Wildman–Crippen LogP) is 1.71. The normalized spacial score (nSPS) is 13.8. The van der Waals surface area contributed by atoms with Crippen molar-refractivity contribution in [2.75, 3.05) is 6.61 Å². The van der Waals surface area contributed by atoms with Crippen LogP contribution in [0.2, 0.25) is 0 Å². The maximum absolute atomic E-state index is 10.2. The fourth-order valence-corrected chi connectivity index (χ4v) is 1.24. The number of hydrogen-bond donors (Lipinski definition) is 1. The number of nitrogens with zero attached hydrogens (tertiary/aromatic N) is 1. The second kappa shape index (κ2) is 5.31. The van der Waals surface area contributed by atoms with Gasteiger partial charge >= 0.3 is 8.25 Å². The first-order valence-electron chi connectivity index (χ1n) is 3.87. The molecule has 5 heteroatoms. The predicted molar refractivity (Wildman–Crippen MR) is 45.8 cm³/mol. The summed E-state index contributed by atoms with van der Waals surface area (Å²) in [6, 6.07) is 2.11. The van der Waals surface area contributed by atoms with Crippen molar-refractivity contribution >= 4 is 8.25 Å². The second-order valence-corrected chi connectivity index (χ2v) is 3.47. The number of rotatable bonds is 5. The van der Waals surface area contributed by atoms with Crippen molar-refractivity contribution in [1.82, 2.24) is 0 Å². The first-order chi connectivity index (χ1) is 5.60. The molecule has 0 aliphatic heterocycles. The lowest BCUT2D eigenvalue weighted by molar-refractivity contribution is 0.177. The van der Waals surface area contributed by atoms with Gasteiger partial charge in [-0.05, 0) is 12.8 Å². The lowest BCUT2D eigenvalue weighted by atomic mass is 9.85. The maximum atomic E-state index is 10.2. The molecule has 70 valence electrons. The maximum Gasteiger partial charge on any atom is 0.316 e. The van der Waals surface area contributed by atoms with Gasteiger partial charge in [-0.3, -0.25) is 4.57 Å². The molecule has 1 atom stereocenters. The Bertz CT molecular complexity index is 195. The third kappa shape index (κ3) is 3.36. The SMILES string of the molecule is CCC(C#N)(CC)CO[PH](=O)O. The smallest absolute Gasteiger partial charge is 0.316 e. The van der Waals surface area contributed by atoms with E-state index >= 15 is 0 Å². The highest BCUT2D eigenvalue weighted by Gasteiger charge is 2.26. The van der Waals surface area contributed by atoms with E-state index in [1.54, 1.807) is 0 Å². The molecule has 0 aromatic carbocycles. The molecule has 0 saturated heterocycles. The van der Waals surface area contributed by atoms with Crippen LogP contribution in [0.25, 0.3) is 0 Å². The molecule has 1 unspecified atom stereocenters. The van der Waals surface area contributed by atoms with Crippen LogP contribution in [0, 0.1) is 16.7 Å². The van der Waals surface area contributed by atoms with Crippen LogP contribution in [0.5, 0.6) is 0 Å². The number of nitriles is 1. The van der Waals surface area contributed by atoms with E-state index in [1.165, 1.54) is 0 Å². The first-order valence-corrected chi connectivity index (χ1v) is 5.13. The molecule has 0 bridgehead atoms. The molecule has 0 aromatic rings. The Hall–Kier alpha value is -0.360. The highest BCUT2D eigenvalue weighted by molar-refractivity contribution is 7.32. The third-order valence-corrected chi connectivity index (χ3v) is 2.45. The summed E-state index contributed by atoms with van der Waals surface area (Å²) in [7, 11) is -2.90. The zero-order valence-electron chi connectivity index (χ0n) is 7.33. The highest BCUT2D eigenvalue weighted by Crippen LogP contribution is 2.29.